The molecule has 3 fully saturated rings. The highest BCUT2D eigenvalue weighted by Crippen LogP contribution is 2.37. The summed E-state index contributed by atoms with van der Waals surface area (Å²) in [6, 6.07) is 6.16. The van der Waals surface area contributed by atoms with Gasteiger partial charge < -0.3 is 16.4 Å². The number of carbonyl (C=O) groups is 1. The van der Waals surface area contributed by atoms with Crippen LogP contribution in [0.2, 0.25) is 0 Å². The number of nitrogens with two attached hydrogens (primary N) is 1. The van der Waals surface area contributed by atoms with Gasteiger partial charge in [0.25, 0.3) is 0 Å². The summed E-state index contributed by atoms with van der Waals surface area (Å²) in [5, 5.41) is 17.9. The smallest absolute Gasteiger partial charge is 0.368 e. The molecule has 1 aromatic rings. The molecular formula is C21H27F3N6O. The number of nitrogens with zero attached hydrogens (tertiary/aromatic N) is 2. The summed E-state index contributed by atoms with van der Waals surface area (Å²) < 4.78 is 38.5. The molecule has 2 heterocycles. The van der Waals surface area contributed by atoms with E-state index in [9.17, 15) is 23.2 Å². The van der Waals surface area contributed by atoms with E-state index in [2.05, 4.69) is 27.1 Å². The maximum Gasteiger partial charge on any atom is 0.407 e. The Morgan fingerprint density at radius 3 is 2.55 bits per heavy atom. The van der Waals surface area contributed by atoms with Crippen molar-refractivity contribution in [2.45, 2.75) is 62.6 Å². The number of rotatable bonds is 4. The number of alkyl halides is 3. The molecule has 168 valence electrons. The van der Waals surface area contributed by atoms with Crippen molar-refractivity contribution in [3.8, 4) is 6.07 Å². The third-order valence-electron chi connectivity index (χ3n) is 6.66. The maximum atomic E-state index is 12.8. The second-order valence-electron chi connectivity index (χ2n) is 8.56. The summed E-state index contributed by atoms with van der Waals surface area (Å²) in [6.07, 6.45) is -0.333. The summed E-state index contributed by atoms with van der Waals surface area (Å²) in [6.45, 7) is 0.582. The van der Waals surface area contributed by atoms with Crippen LogP contribution < -0.4 is 21.8 Å². The number of hydrogen-bond acceptors (Lipinski definition) is 6. The number of halogens is 3. The highest BCUT2D eigenvalue weighted by atomic mass is 19.4. The Morgan fingerprint density at radius 2 is 1.87 bits per heavy atom. The summed E-state index contributed by atoms with van der Waals surface area (Å²) in [5.74, 6) is -0.523. The molecular weight excluding hydrogens is 409 g/mol. The van der Waals surface area contributed by atoms with Gasteiger partial charge in [0.1, 0.15) is 12.2 Å². The Kier molecular flexibility index (Phi) is 6.10. The van der Waals surface area contributed by atoms with E-state index in [1.54, 1.807) is 12.1 Å². The van der Waals surface area contributed by atoms with E-state index < -0.39 is 18.4 Å². The molecule has 0 aromatic heterocycles. The van der Waals surface area contributed by atoms with Gasteiger partial charge in [0.05, 0.1) is 17.9 Å². The zero-order valence-corrected chi connectivity index (χ0v) is 17.0. The highest BCUT2D eigenvalue weighted by Gasteiger charge is 2.51. The molecule has 2 aliphatic heterocycles. The molecule has 5 N–H and O–H groups in total. The number of fused-ring (bicyclic) bond motifs is 1. The molecule has 10 heteroatoms. The molecule has 2 saturated heterocycles. The minimum atomic E-state index is -4.51. The molecule has 4 rings (SSSR count). The molecule has 0 radical (unpaired) electrons. The fourth-order valence-electron chi connectivity index (χ4n) is 5.05. The normalized spacial score (nSPS) is 32.6. The Labute approximate surface area is 179 Å². The van der Waals surface area contributed by atoms with Gasteiger partial charge in [0, 0.05) is 24.3 Å². The van der Waals surface area contributed by atoms with Gasteiger partial charge in [0.15, 0.2) is 0 Å². The van der Waals surface area contributed by atoms with Gasteiger partial charge in [0.2, 0.25) is 5.91 Å². The van der Waals surface area contributed by atoms with Crippen LogP contribution in [-0.4, -0.2) is 41.9 Å². The van der Waals surface area contributed by atoms with Crippen LogP contribution in [0.15, 0.2) is 24.3 Å². The van der Waals surface area contributed by atoms with Gasteiger partial charge in [-0.05, 0) is 37.0 Å². The van der Waals surface area contributed by atoms with Gasteiger partial charge in [-0.1, -0.05) is 25.0 Å². The minimum absolute atomic E-state index is 0.0218. The molecule has 1 aromatic carbocycles. The first kappa shape index (κ1) is 21.9. The number of anilines is 1. The van der Waals surface area contributed by atoms with Crippen LogP contribution in [0, 0.1) is 23.2 Å². The number of hydrogen-bond donors (Lipinski definition) is 4. The van der Waals surface area contributed by atoms with E-state index in [1.807, 2.05) is 0 Å². The van der Waals surface area contributed by atoms with Crippen LogP contribution in [-0.2, 0) is 4.79 Å². The molecule has 7 nitrogen and oxygen atoms in total. The first-order valence-electron chi connectivity index (χ1n) is 10.7. The van der Waals surface area contributed by atoms with E-state index in [0.717, 1.165) is 32.1 Å². The fraction of sp³-hybridized carbons (Fsp3) is 0.619. The summed E-state index contributed by atoms with van der Waals surface area (Å²) >= 11 is 0. The van der Waals surface area contributed by atoms with Crippen molar-refractivity contribution in [3.05, 3.63) is 29.8 Å². The van der Waals surface area contributed by atoms with Crippen molar-refractivity contribution >= 4 is 11.6 Å². The second-order valence-corrected chi connectivity index (χ2v) is 8.56. The summed E-state index contributed by atoms with van der Waals surface area (Å²) in [5.41, 5.74) is 9.26. The van der Waals surface area contributed by atoms with E-state index in [0.29, 0.717) is 12.2 Å². The highest BCUT2D eigenvalue weighted by molar-refractivity contribution is 5.82. The van der Waals surface area contributed by atoms with E-state index >= 15 is 0 Å². The lowest BCUT2D eigenvalue weighted by molar-refractivity contribution is -0.149. The van der Waals surface area contributed by atoms with Crippen LogP contribution in [0.25, 0.3) is 0 Å². The quantitative estimate of drug-likeness (QED) is 0.578. The van der Waals surface area contributed by atoms with Crippen LogP contribution >= 0.6 is 0 Å². The first-order chi connectivity index (χ1) is 14.8. The number of piperidine rings is 1. The lowest BCUT2D eigenvalue weighted by atomic mass is 9.83. The zero-order chi connectivity index (χ0) is 22.2. The van der Waals surface area contributed by atoms with Crippen molar-refractivity contribution in [3.63, 3.8) is 0 Å². The predicted octanol–water partition coefficient (Wildman–Crippen LogP) is 2.39. The monoisotopic (exact) mass is 436 g/mol. The summed E-state index contributed by atoms with van der Waals surface area (Å²) in [7, 11) is 0. The summed E-state index contributed by atoms with van der Waals surface area (Å²) in [4.78, 5) is 12.7. The van der Waals surface area contributed by atoms with Crippen LogP contribution in [0.4, 0.5) is 18.9 Å². The third-order valence-corrected chi connectivity index (χ3v) is 6.66. The number of benzene rings is 1. The lowest BCUT2D eigenvalue weighted by Crippen LogP contribution is -2.54. The van der Waals surface area contributed by atoms with Gasteiger partial charge in [-0.3, -0.25) is 4.79 Å². The topological polar surface area (TPSA) is 106 Å². The van der Waals surface area contributed by atoms with E-state index in [1.165, 1.54) is 12.1 Å². The van der Waals surface area contributed by atoms with Gasteiger partial charge in [-0.25, -0.2) is 10.4 Å². The third kappa shape index (κ3) is 4.35. The fourth-order valence-corrected chi connectivity index (χ4v) is 5.05. The van der Waals surface area contributed by atoms with Crippen LogP contribution in [0.5, 0.6) is 0 Å². The van der Waals surface area contributed by atoms with Crippen LogP contribution in [0.1, 0.15) is 43.7 Å². The zero-order valence-electron chi connectivity index (χ0n) is 17.0. The van der Waals surface area contributed by atoms with Gasteiger partial charge >= 0.3 is 6.18 Å². The number of carbonyl (C=O) groups excluding carboxylic acids is 1. The SMILES string of the molecule is N#C[C@H]1CCCC[C@@H]1N1NC(Nc2ccc([C@@H](N)C(F)(F)F)cc2)C2C(=O)NCCC21. The number of hydrazine groups is 1. The Morgan fingerprint density at radius 1 is 1.16 bits per heavy atom. The molecule has 0 spiro atoms. The predicted molar refractivity (Wildman–Crippen MR) is 108 cm³/mol. The van der Waals surface area contributed by atoms with Crippen molar-refractivity contribution in [2.24, 2.45) is 17.6 Å². The largest absolute Gasteiger partial charge is 0.407 e. The van der Waals surface area contributed by atoms with Gasteiger partial charge in [-0.15, -0.1) is 0 Å². The van der Waals surface area contributed by atoms with Crippen molar-refractivity contribution in [1.82, 2.24) is 15.8 Å². The van der Waals surface area contributed by atoms with Gasteiger partial charge in [-0.2, -0.15) is 18.4 Å². The average molecular weight is 436 g/mol. The Hall–Kier alpha value is -2.35. The number of nitriles is 1. The van der Waals surface area contributed by atoms with E-state index in [-0.39, 0.29) is 35.4 Å². The molecule has 6 atom stereocenters. The molecule has 1 amide bonds. The average Bonchev–Trinajstić information content (AvgIpc) is 3.12. The first-order valence-corrected chi connectivity index (χ1v) is 10.7. The molecule has 1 saturated carbocycles. The molecule has 3 aliphatic rings. The van der Waals surface area contributed by atoms with Crippen molar-refractivity contribution in [2.75, 3.05) is 11.9 Å². The second kappa shape index (κ2) is 8.65. The molecule has 0 bridgehead atoms. The standard InChI is InChI=1S/C21H27F3N6O/c22-21(23,24)18(26)12-5-7-14(8-6-12)28-19-17-16(9-10-27-20(17)31)30(29-19)15-4-2-1-3-13(15)11-25/h5-8,13,15-19,28-29H,1-4,9-10,26H2,(H,27,31)/t13-,15+,16?,17?,18-,19?/m1/s1. The number of nitrogens with one attached hydrogen (secondary N) is 3. The van der Waals surface area contributed by atoms with Crippen molar-refractivity contribution < 1.29 is 18.0 Å². The Bertz CT molecular complexity index is 839. The molecule has 1 aliphatic carbocycles. The van der Waals surface area contributed by atoms with Crippen LogP contribution in [0.3, 0.4) is 0 Å². The van der Waals surface area contributed by atoms with E-state index in [4.69, 9.17) is 5.73 Å². The minimum Gasteiger partial charge on any atom is -0.368 e. The molecule has 31 heavy (non-hydrogen) atoms. The van der Waals surface area contributed by atoms with Crippen molar-refractivity contribution in [1.29, 1.82) is 5.26 Å². The molecule has 3 unspecified atom stereocenters. The maximum absolute atomic E-state index is 12.8. The number of amides is 1. The lowest BCUT2D eigenvalue weighted by Gasteiger charge is -2.39. The Balaban J connectivity index is 1.52.